The predicted octanol–water partition coefficient (Wildman–Crippen LogP) is 0.500. The number of hydrogen-bond donors (Lipinski definition) is 1. The Balaban J connectivity index is 4.53. The summed E-state index contributed by atoms with van der Waals surface area (Å²) in [5.74, 6) is -0.624. The van der Waals surface area contributed by atoms with Crippen molar-refractivity contribution < 1.29 is 13.2 Å². The normalized spacial score (nSPS) is 13.7. The zero-order valence-electron chi connectivity index (χ0n) is 8.78. The molecule has 0 rings (SSSR count). The molecule has 1 unspecified atom stereocenters. The van der Waals surface area contributed by atoms with E-state index in [2.05, 4.69) is 11.9 Å². The van der Waals surface area contributed by atoms with E-state index >= 15 is 0 Å². The summed E-state index contributed by atoms with van der Waals surface area (Å²) in [6.07, 6.45) is 1.29. The van der Waals surface area contributed by atoms with Gasteiger partial charge in [-0.1, -0.05) is 6.08 Å². The van der Waals surface area contributed by atoms with Gasteiger partial charge in [0.2, 0.25) is 5.91 Å². The van der Waals surface area contributed by atoms with Crippen LogP contribution in [0.25, 0.3) is 0 Å². The van der Waals surface area contributed by atoms with Crippen molar-refractivity contribution in [1.29, 1.82) is 0 Å². The molecule has 0 aliphatic rings. The van der Waals surface area contributed by atoms with E-state index in [0.29, 0.717) is 0 Å². The van der Waals surface area contributed by atoms with E-state index in [9.17, 15) is 13.2 Å². The van der Waals surface area contributed by atoms with Gasteiger partial charge in [-0.2, -0.15) is 0 Å². The van der Waals surface area contributed by atoms with Crippen LogP contribution in [-0.4, -0.2) is 31.4 Å². The molecule has 0 fully saturated rings. The van der Waals surface area contributed by atoms with Crippen LogP contribution in [0.4, 0.5) is 0 Å². The van der Waals surface area contributed by atoms with Crippen molar-refractivity contribution >= 4 is 15.7 Å². The number of sulfone groups is 1. The molecule has 0 aliphatic carbocycles. The zero-order valence-corrected chi connectivity index (χ0v) is 9.60. The second kappa shape index (κ2) is 5.14. The second-order valence-corrected chi connectivity index (χ2v) is 5.79. The van der Waals surface area contributed by atoms with Crippen LogP contribution in [0.3, 0.4) is 0 Å². The first kappa shape index (κ1) is 13.2. The van der Waals surface area contributed by atoms with Gasteiger partial charge in [0.05, 0.1) is 5.75 Å². The molecule has 0 heterocycles. The molecule has 0 aromatic heterocycles. The van der Waals surface area contributed by atoms with Gasteiger partial charge >= 0.3 is 0 Å². The summed E-state index contributed by atoms with van der Waals surface area (Å²) in [4.78, 5) is 11.4. The second-order valence-electron chi connectivity index (χ2n) is 3.42. The Kier molecular flexibility index (Phi) is 4.83. The molecule has 0 saturated carbocycles. The first-order valence-corrected chi connectivity index (χ1v) is 6.15. The number of carbonyl (C=O) groups is 1. The van der Waals surface area contributed by atoms with Crippen molar-refractivity contribution in [3.05, 3.63) is 12.7 Å². The molecule has 0 aliphatic heterocycles. The van der Waals surface area contributed by atoms with E-state index in [1.54, 1.807) is 13.8 Å². The Morgan fingerprint density at radius 2 is 1.93 bits per heavy atom. The number of carbonyl (C=O) groups excluding carboxylic acids is 1. The lowest BCUT2D eigenvalue weighted by atomic mass is 10.3. The van der Waals surface area contributed by atoms with Crippen LogP contribution in [0.15, 0.2) is 12.7 Å². The lowest BCUT2D eigenvalue weighted by Gasteiger charge is -2.14. The molecule has 14 heavy (non-hydrogen) atoms. The maximum atomic E-state index is 11.4. The van der Waals surface area contributed by atoms with E-state index in [-0.39, 0.29) is 11.8 Å². The Labute approximate surface area is 85.3 Å². The fourth-order valence-corrected chi connectivity index (χ4v) is 1.88. The molecule has 0 spiro atoms. The van der Waals surface area contributed by atoms with Crippen LogP contribution in [0.2, 0.25) is 0 Å². The summed E-state index contributed by atoms with van der Waals surface area (Å²) < 4.78 is 22.8. The van der Waals surface area contributed by atoms with Gasteiger partial charge in [0, 0.05) is 6.04 Å². The van der Waals surface area contributed by atoms with Gasteiger partial charge < -0.3 is 5.32 Å². The molecule has 1 N–H and O–H groups in total. The average Bonchev–Trinajstić information content (AvgIpc) is 2.01. The van der Waals surface area contributed by atoms with Gasteiger partial charge in [-0.25, -0.2) is 8.42 Å². The summed E-state index contributed by atoms with van der Waals surface area (Å²) in [6.45, 7) is 8.29. The third-order valence-electron chi connectivity index (χ3n) is 1.69. The molecule has 1 atom stereocenters. The monoisotopic (exact) mass is 219 g/mol. The van der Waals surface area contributed by atoms with Gasteiger partial charge in [-0.05, 0) is 20.8 Å². The largest absolute Gasteiger partial charge is 0.353 e. The molecule has 82 valence electrons. The lowest BCUT2D eigenvalue weighted by molar-refractivity contribution is -0.120. The van der Waals surface area contributed by atoms with Crippen molar-refractivity contribution in [3.8, 4) is 0 Å². The van der Waals surface area contributed by atoms with E-state index < -0.39 is 21.0 Å². The van der Waals surface area contributed by atoms with Crippen LogP contribution in [-0.2, 0) is 14.6 Å². The zero-order chi connectivity index (χ0) is 11.4. The number of hydrogen-bond acceptors (Lipinski definition) is 3. The van der Waals surface area contributed by atoms with E-state index in [4.69, 9.17) is 0 Å². The summed E-state index contributed by atoms with van der Waals surface area (Å²) in [7, 11) is -3.39. The lowest BCUT2D eigenvalue weighted by Crippen LogP contribution is -2.41. The van der Waals surface area contributed by atoms with Gasteiger partial charge in [-0.15, -0.1) is 6.58 Å². The van der Waals surface area contributed by atoms with Gasteiger partial charge in [-0.3, -0.25) is 4.79 Å². The minimum absolute atomic E-state index is 0.0520. The molecular formula is C9H17NO3S. The summed E-state index contributed by atoms with van der Waals surface area (Å²) in [6, 6.07) is -0.0520. The Morgan fingerprint density at radius 1 is 1.43 bits per heavy atom. The first-order chi connectivity index (χ1) is 6.31. The topological polar surface area (TPSA) is 63.2 Å². The smallest absolute Gasteiger partial charge is 0.238 e. The van der Waals surface area contributed by atoms with Gasteiger partial charge in [0.15, 0.2) is 9.84 Å². The molecular weight excluding hydrogens is 202 g/mol. The number of nitrogens with one attached hydrogen (secondary N) is 1. The van der Waals surface area contributed by atoms with E-state index in [0.717, 1.165) is 0 Å². The fourth-order valence-electron chi connectivity index (χ4n) is 0.874. The predicted molar refractivity (Wildman–Crippen MR) is 56.7 cm³/mol. The van der Waals surface area contributed by atoms with Crippen molar-refractivity contribution in [2.75, 3.05) is 5.75 Å². The molecule has 0 radical (unpaired) electrons. The van der Waals surface area contributed by atoms with Crippen LogP contribution < -0.4 is 5.32 Å². The number of amides is 1. The van der Waals surface area contributed by atoms with Crippen LogP contribution >= 0.6 is 0 Å². The molecule has 0 aromatic rings. The van der Waals surface area contributed by atoms with Crippen LogP contribution in [0.1, 0.15) is 20.8 Å². The van der Waals surface area contributed by atoms with E-state index in [1.807, 2.05) is 0 Å². The average molecular weight is 219 g/mol. The molecule has 1 amide bonds. The minimum atomic E-state index is -3.39. The third-order valence-corrected chi connectivity index (χ3v) is 3.68. The van der Waals surface area contributed by atoms with Crippen molar-refractivity contribution in [1.82, 2.24) is 5.32 Å². The summed E-state index contributed by atoms with van der Waals surface area (Å²) in [5.41, 5.74) is 0. The molecule has 0 aromatic carbocycles. The minimum Gasteiger partial charge on any atom is -0.353 e. The molecule has 0 bridgehead atoms. The fraction of sp³-hybridized carbons (Fsp3) is 0.667. The molecule has 0 saturated heterocycles. The highest BCUT2D eigenvalue weighted by Gasteiger charge is 2.26. The van der Waals surface area contributed by atoms with Crippen molar-refractivity contribution in [2.24, 2.45) is 0 Å². The Bertz CT molecular complexity index is 306. The number of rotatable bonds is 5. The van der Waals surface area contributed by atoms with Crippen LogP contribution in [0.5, 0.6) is 0 Å². The Hall–Kier alpha value is -0.840. The van der Waals surface area contributed by atoms with Gasteiger partial charge in [0.1, 0.15) is 5.25 Å². The third kappa shape index (κ3) is 3.91. The van der Waals surface area contributed by atoms with Crippen molar-refractivity contribution in [2.45, 2.75) is 32.1 Å². The standard InChI is InChI=1S/C9H17NO3S/c1-5-6-14(12,13)8(4)9(11)10-7(2)3/h5,7-8H,1,6H2,2-4H3,(H,10,11). The molecule has 5 heteroatoms. The highest BCUT2D eigenvalue weighted by Crippen LogP contribution is 2.02. The summed E-state index contributed by atoms with van der Waals surface area (Å²) >= 11 is 0. The maximum absolute atomic E-state index is 11.4. The first-order valence-electron chi connectivity index (χ1n) is 4.44. The quantitative estimate of drug-likeness (QED) is 0.685. The Morgan fingerprint density at radius 3 is 2.29 bits per heavy atom. The van der Waals surface area contributed by atoms with Gasteiger partial charge in [0.25, 0.3) is 0 Å². The van der Waals surface area contributed by atoms with Crippen LogP contribution in [0, 0.1) is 0 Å². The molecule has 4 nitrogen and oxygen atoms in total. The highest BCUT2D eigenvalue weighted by molar-refractivity contribution is 7.92. The maximum Gasteiger partial charge on any atom is 0.238 e. The summed E-state index contributed by atoms with van der Waals surface area (Å²) in [5, 5.41) is 1.54. The highest BCUT2D eigenvalue weighted by atomic mass is 32.2. The van der Waals surface area contributed by atoms with Crippen molar-refractivity contribution in [3.63, 3.8) is 0 Å². The SMILES string of the molecule is C=CCS(=O)(=O)C(C)C(=O)NC(C)C. The van der Waals surface area contributed by atoms with E-state index in [1.165, 1.54) is 13.0 Å².